The molecule has 15 heavy (non-hydrogen) atoms. The molecule has 1 aromatic carbocycles. The van der Waals surface area contributed by atoms with E-state index in [4.69, 9.17) is 11.5 Å². The van der Waals surface area contributed by atoms with Crippen LogP contribution in [0.4, 0.5) is 4.39 Å². The summed E-state index contributed by atoms with van der Waals surface area (Å²) in [6, 6.07) is 6.39. The maximum Gasteiger partial charge on any atom is 0.123 e. The molecule has 0 radical (unpaired) electrons. The van der Waals surface area contributed by atoms with Crippen molar-refractivity contribution in [2.45, 2.75) is 25.3 Å². The molecule has 0 aromatic heterocycles. The van der Waals surface area contributed by atoms with Gasteiger partial charge >= 0.3 is 0 Å². The molecule has 0 amide bonds. The molecule has 0 aliphatic carbocycles. The highest BCUT2D eigenvalue weighted by Gasteiger charge is 2.05. The number of rotatable bonds is 5. The molecule has 0 bridgehead atoms. The summed E-state index contributed by atoms with van der Waals surface area (Å²) in [5, 5.41) is 0. The molecular weight excluding hydrogens is 215 g/mol. The highest BCUT2D eigenvalue weighted by Crippen LogP contribution is 2.17. The molecule has 1 rings (SSSR count). The summed E-state index contributed by atoms with van der Waals surface area (Å²) in [5.41, 5.74) is 12.1. The van der Waals surface area contributed by atoms with Crippen molar-refractivity contribution in [1.29, 1.82) is 0 Å². The van der Waals surface area contributed by atoms with Crippen LogP contribution in [0.5, 0.6) is 0 Å². The average Bonchev–Trinajstić information content (AvgIpc) is 2.18. The van der Waals surface area contributed by atoms with Crippen molar-refractivity contribution >= 4 is 12.4 Å². The summed E-state index contributed by atoms with van der Waals surface area (Å²) < 4.78 is 12.8. The van der Waals surface area contributed by atoms with E-state index in [2.05, 4.69) is 0 Å². The third kappa shape index (κ3) is 5.11. The molecule has 4 N–H and O–H groups in total. The Morgan fingerprint density at radius 3 is 2.60 bits per heavy atom. The highest BCUT2D eigenvalue weighted by molar-refractivity contribution is 5.85. The Hall–Kier alpha value is -0.640. The topological polar surface area (TPSA) is 52.0 Å². The van der Waals surface area contributed by atoms with E-state index in [0.29, 0.717) is 6.54 Å². The van der Waals surface area contributed by atoms with Crippen LogP contribution < -0.4 is 11.5 Å². The summed E-state index contributed by atoms with van der Waals surface area (Å²) in [4.78, 5) is 0. The fourth-order valence-electron chi connectivity index (χ4n) is 1.41. The molecule has 0 heterocycles. The third-order valence-electron chi connectivity index (χ3n) is 2.25. The van der Waals surface area contributed by atoms with E-state index in [1.807, 2.05) is 6.07 Å². The maximum absolute atomic E-state index is 12.8. The van der Waals surface area contributed by atoms with Gasteiger partial charge in [-0.05, 0) is 37.1 Å². The molecular formula is C11H18ClFN2. The summed E-state index contributed by atoms with van der Waals surface area (Å²) >= 11 is 0. The molecule has 0 saturated heterocycles. The van der Waals surface area contributed by atoms with E-state index in [0.717, 1.165) is 24.8 Å². The summed E-state index contributed by atoms with van der Waals surface area (Å²) in [5.74, 6) is -0.225. The van der Waals surface area contributed by atoms with Gasteiger partial charge in [0.2, 0.25) is 0 Å². The molecule has 0 spiro atoms. The standard InChI is InChI=1S/C11H17FN2.ClH/c12-10-5-3-4-9(8-10)11(14)6-1-2-7-13;/h3-5,8,11H,1-2,6-7,13-14H2;1H/t11-;/m0./s1. The molecule has 4 heteroatoms. The number of hydrogen-bond acceptors (Lipinski definition) is 2. The molecule has 0 unspecified atom stereocenters. The van der Waals surface area contributed by atoms with Gasteiger partial charge in [-0.3, -0.25) is 0 Å². The number of nitrogens with two attached hydrogens (primary N) is 2. The molecule has 0 aliphatic heterocycles. The van der Waals surface area contributed by atoms with Crippen molar-refractivity contribution in [3.63, 3.8) is 0 Å². The number of unbranched alkanes of at least 4 members (excludes halogenated alkanes) is 1. The minimum atomic E-state index is -0.225. The molecule has 1 atom stereocenters. The van der Waals surface area contributed by atoms with Crippen LogP contribution in [0.15, 0.2) is 24.3 Å². The second kappa shape index (κ2) is 7.63. The monoisotopic (exact) mass is 232 g/mol. The SMILES string of the molecule is Cl.NCCCC[C@H](N)c1cccc(F)c1. The zero-order valence-corrected chi connectivity index (χ0v) is 9.47. The van der Waals surface area contributed by atoms with Crippen LogP contribution in [0.2, 0.25) is 0 Å². The first-order valence-corrected chi connectivity index (χ1v) is 4.95. The average molecular weight is 233 g/mol. The van der Waals surface area contributed by atoms with Crippen LogP contribution >= 0.6 is 12.4 Å². The molecule has 86 valence electrons. The zero-order chi connectivity index (χ0) is 10.4. The number of hydrogen-bond donors (Lipinski definition) is 2. The lowest BCUT2D eigenvalue weighted by molar-refractivity contribution is 0.580. The van der Waals surface area contributed by atoms with E-state index in [-0.39, 0.29) is 24.3 Å². The molecule has 0 fully saturated rings. The Morgan fingerprint density at radius 1 is 1.27 bits per heavy atom. The Balaban J connectivity index is 0.00000196. The highest BCUT2D eigenvalue weighted by atomic mass is 35.5. The quantitative estimate of drug-likeness (QED) is 0.766. The fourth-order valence-corrected chi connectivity index (χ4v) is 1.41. The van der Waals surface area contributed by atoms with Gasteiger partial charge in [-0.15, -0.1) is 12.4 Å². The van der Waals surface area contributed by atoms with Crippen molar-refractivity contribution in [2.75, 3.05) is 6.54 Å². The van der Waals surface area contributed by atoms with Gasteiger partial charge in [0.25, 0.3) is 0 Å². The van der Waals surface area contributed by atoms with Gasteiger partial charge in [0.05, 0.1) is 0 Å². The Kier molecular flexibility index (Phi) is 7.30. The lowest BCUT2D eigenvalue weighted by atomic mass is 10.0. The first kappa shape index (κ1) is 14.4. The first-order chi connectivity index (χ1) is 6.74. The second-order valence-corrected chi connectivity index (χ2v) is 3.45. The van der Waals surface area contributed by atoms with Crippen molar-refractivity contribution in [3.05, 3.63) is 35.6 Å². The van der Waals surface area contributed by atoms with Crippen molar-refractivity contribution in [2.24, 2.45) is 11.5 Å². The fraction of sp³-hybridized carbons (Fsp3) is 0.455. The van der Waals surface area contributed by atoms with Crippen LogP contribution in [-0.2, 0) is 0 Å². The zero-order valence-electron chi connectivity index (χ0n) is 8.66. The van der Waals surface area contributed by atoms with E-state index < -0.39 is 0 Å². The second-order valence-electron chi connectivity index (χ2n) is 3.45. The Bertz CT molecular complexity index is 281. The largest absolute Gasteiger partial charge is 0.330 e. The van der Waals surface area contributed by atoms with Gasteiger partial charge in [0.15, 0.2) is 0 Å². The van der Waals surface area contributed by atoms with E-state index in [9.17, 15) is 4.39 Å². The third-order valence-corrected chi connectivity index (χ3v) is 2.25. The molecule has 1 aromatic rings. The summed E-state index contributed by atoms with van der Waals surface area (Å²) in [6.07, 6.45) is 2.83. The van der Waals surface area contributed by atoms with E-state index in [1.54, 1.807) is 6.07 Å². The number of benzene rings is 1. The van der Waals surface area contributed by atoms with Crippen LogP contribution in [0.1, 0.15) is 30.9 Å². The number of halogens is 2. The van der Waals surface area contributed by atoms with Crippen LogP contribution in [-0.4, -0.2) is 6.54 Å². The smallest absolute Gasteiger partial charge is 0.123 e. The van der Waals surface area contributed by atoms with Gasteiger partial charge in [-0.2, -0.15) is 0 Å². The normalized spacial score (nSPS) is 11.9. The molecule has 0 saturated carbocycles. The minimum absolute atomic E-state index is 0. The molecule has 2 nitrogen and oxygen atoms in total. The van der Waals surface area contributed by atoms with Crippen molar-refractivity contribution in [1.82, 2.24) is 0 Å². The lowest BCUT2D eigenvalue weighted by Gasteiger charge is -2.11. The van der Waals surface area contributed by atoms with Gasteiger partial charge in [-0.1, -0.05) is 18.6 Å². The van der Waals surface area contributed by atoms with Crippen molar-refractivity contribution in [3.8, 4) is 0 Å². The van der Waals surface area contributed by atoms with E-state index in [1.165, 1.54) is 12.1 Å². The summed E-state index contributed by atoms with van der Waals surface area (Å²) in [7, 11) is 0. The Labute approximate surface area is 96.3 Å². The predicted octanol–water partition coefficient (Wildman–Crippen LogP) is 2.38. The summed E-state index contributed by atoms with van der Waals surface area (Å²) in [6.45, 7) is 0.690. The van der Waals surface area contributed by atoms with Crippen LogP contribution in [0.3, 0.4) is 0 Å². The van der Waals surface area contributed by atoms with Gasteiger partial charge < -0.3 is 11.5 Å². The van der Waals surface area contributed by atoms with Gasteiger partial charge in [0, 0.05) is 6.04 Å². The van der Waals surface area contributed by atoms with Gasteiger partial charge in [0.1, 0.15) is 5.82 Å². The van der Waals surface area contributed by atoms with E-state index >= 15 is 0 Å². The maximum atomic E-state index is 12.8. The first-order valence-electron chi connectivity index (χ1n) is 4.95. The van der Waals surface area contributed by atoms with Gasteiger partial charge in [-0.25, -0.2) is 4.39 Å². The minimum Gasteiger partial charge on any atom is -0.330 e. The predicted molar refractivity (Wildman–Crippen MR) is 63.5 cm³/mol. The molecule has 0 aliphatic rings. The lowest BCUT2D eigenvalue weighted by Crippen LogP contribution is -2.11. The van der Waals surface area contributed by atoms with Crippen molar-refractivity contribution < 1.29 is 4.39 Å². The van der Waals surface area contributed by atoms with Crippen LogP contribution in [0, 0.1) is 5.82 Å². The Morgan fingerprint density at radius 2 is 2.00 bits per heavy atom. The van der Waals surface area contributed by atoms with Crippen LogP contribution in [0.25, 0.3) is 0 Å².